The van der Waals surface area contributed by atoms with Crippen LogP contribution in [0.15, 0.2) is 41.2 Å². The first-order valence-electron chi connectivity index (χ1n) is 11.5. The van der Waals surface area contributed by atoms with E-state index in [4.69, 9.17) is 14.5 Å². The van der Waals surface area contributed by atoms with Crippen molar-refractivity contribution in [2.75, 3.05) is 13.2 Å². The van der Waals surface area contributed by atoms with Gasteiger partial charge in [0.2, 0.25) is 0 Å². The number of halogens is 2. The number of imidazole rings is 1. The van der Waals surface area contributed by atoms with Crippen LogP contribution < -0.4 is 10.3 Å². The molecule has 0 unspecified atom stereocenters. The Morgan fingerprint density at radius 1 is 1.19 bits per heavy atom. The molecule has 36 heavy (non-hydrogen) atoms. The van der Waals surface area contributed by atoms with Crippen LogP contribution in [0.5, 0.6) is 5.75 Å². The molecular formula is C25H27F2N5O3Si. The molecule has 2 aromatic carbocycles. The highest BCUT2D eigenvalue weighted by molar-refractivity contribution is 6.76. The predicted octanol–water partition coefficient (Wildman–Crippen LogP) is 4.69. The fraction of sp³-hybridized carbons (Fsp3) is 0.360. The van der Waals surface area contributed by atoms with E-state index >= 15 is 0 Å². The van der Waals surface area contributed by atoms with Gasteiger partial charge in [0.25, 0.3) is 12.0 Å². The average Bonchev–Trinajstić information content (AvgIpc) is 3.16. The number of fused-ring (bicyclic) bond motifs is 2. The second-order valence-corrected chi connectivity index (χ2v) is 15.3. The zero-order chi connectivity index (χ0) is 25.9. The Morgan fingerprint density at radius 3 is 2.64 bits per heavy atom. The van der Waals surface area contributed by atoms with Gasteiger partial charge in [-0.3, -0.25) is 4.79 Å². The maximum atomic E-state index is 12.8. The zero-order valence-corrected chi connectivity index (χ0v) is 21.3. The molecule has 0 saturated carbocycles. The maximum absolute atomic E-state index is 12.8. The molecule has 0 aliphatic rings. The van der Waals surface area contributed by atoms with Gasteiger partial charge >= 0.3 is 0 Å². The summed E-state index contributed by atoms with van der Waals surface area (Å²) in [4.78, 5) is 16.9. The summed E-state index contributed by atoms with van der Waals surface area (Å²) in [5.41, 5.74) is 1.56. The number of aromatic amines is 1. The summed E-state index contributed by atoms with van der Waals surface area (Å²) in [7, 11) is -1.31. The molecule has 0 aliphatic carbocycles. The van der Waals surface area contributed by atoms with Crippen molar-refractivity contribution in [3.05, 3.63) is 63.8 Å². The van der Waals surface area contributed by atoms with Crippen LogP contribution in [-0.2, 0) is 17.9 Å². The number of nitrogens with zero attached hydrogens (tertiary/aromatic N) is 4. The topological polar surface area (TPSA) is 106 Å². The fourth-order valence-electron chi connectivity index (χ4n) is 3.83. The lowest BCUT2D eigenvalue weighted by atomic mass is 10.1. The summed E-state index contributed by atoms with van der Waals surface area (Å²) in [6, 6.07) is 13.2. The normalized spacial score (nSPS) is 11.9. The van der Waals surface area contributed by atoms with Gasteiger partial charge in [0.15, 0.2) is 0 Å². The van der Waals surface area contributed by atoms with Crippen molar-refractivity contribution < 1.29 is 18.3 Å². The largest absolute Gasteiger partial charge is 0.486 e. The average molecular weight is 512 g/mol. The van der Waals surface area contributed by atoms with Crippen LogP contribution in [0, 0.1) is 11.3 Å². The fourth-order valence-corrected chi connectivity index (χ4v) is 4.59. The van der Waals surface area contributed by atoms with Crippen LogP contribution in [0.3, 0.4) is 0 Å². The Morgan fingerprint density at radius 2 is 1.94 bits per heavy atom. The van der Waals surface area contributed by atoms with E-state index in [1.165, 1.54) is 6.07 Å². The van der Waals surface area contributed by atoms with E-state index in [1.807, 2.05) is 22.8 Å². The predicted molar refractivity (Wildman–Crippen MR) is 135 cm³/mol. The quantitative estimate of drug-likeness (QED) is 0.245. The number of aromatic nitrogens is 4. The van der Waals surface area contributed by atoms with Crippen molar-refractivity contribution in [1.29, 1.82) is 5.26 Å². The lowest BCUT2D eigenvalue weighted by molar-refractivity contribution is 0.0815. The van der Waals surface area contributed by atoms with E-state index in [0.717, 1.165) is 6.04 Å². The van der Waals surface area contributed by atoms with E-state index < -0.39 is 21.1 Å². The smallest absolute Gasteiger partial charge is 0.272 e. The molecule has 1 N–H and O–H groups in total. The standard InChI is InChI=1S/C25H27F2N5O3Si/c1-36(2,3)9-8-34-15-32-21-12-22(35-14-23(26)27)16(13-28)10-20(21)29-24(32)11-19-17-6-4-5-7-18(17)25(33)31-30-19/h4-7,10,12,23H,8-9,11,14-15H2,1-3H3,(H,31,33). The molecule has 0 aliphatic heterocycles. The first-order chi connectivity index (χ1) is 17.2. The molecule has 2 heterocycles. The van der Waals surface area contributed by atoms with Crippen molar-refractivity contribution in [1.82, 2.24) is 19.7 Å². The number of nitriles is 1. The van der Waals surface area contributed by atoms with Crippen LogP contribution in [0.25, 0.3) is 21.8 Å². The highest BCUT2D eigenvalue weighted by Gasteiger charge is 2.19. The van der Waals surface area contributed by atoms with E-state index in [2.05, 4.69) is 29.8 Å². The molecule has 0 bridgehead atoms. The third-order valence-electron chi connectivity index (χ3n) is 5.73. The second-order valence-electron chi connectivity index (χ2n) is 9.68. The summed E-state index contributed by atoms with van der Waals surface area (Å²) < 4.78 is 38.6. The molecule has 4 rings (SSSR count). The lowest BCUT2D eigenvalue weighted by Gasteiger charge is -2.16. The first kappa shape index (κ1) is 25.5. The second kappa shape index (κ2) is 10.6. The van der Waals surface area contributed by atoms with Gasteiger partial charge in [0, 0.05) is 26.1 Å². The van der Waals surface area contributed by atoms with Crippen LogP contribution in [0.1, 0.15) is 17.1 Å². The number of H-pyrrole nitrogens is 1. The van der Waals surface area contributed by atoms with Crippen LogP contribution >= 0.6 is 0 Å². The highest BCUT2D eigenvalue weighted by Crippen LogP contribution is 2.28. The summed E-state index contributed by atoms with van der Waals surface area (Å²) in [6.07, 6.45) is -2.39. The molecule has 8 nitrogen and oxygen atoms in total. The molecule has 4 aromatic rings. The number of benzene rings is 2. The van der Waals surface area contributed by atoms with Gasteiger partial charge in [-0.05, 0) is 18.2 Å². The van der Waals surface area contributed by atoms with Crippen molar-refractivity contribution in [2.24, 2.45) is 0 Å². The third-order valence-corrected chi connectivity index (χ3v) is 7.44. The minimum atomic E-state index is -2.67. The highest BCUT2D eigenvalue weighted by atomic mass is 28.3. The minimum Gasteiger partial charge on any atom is -0.486 e. The maximum Gasteiger partial charge on any atom is 0.272 e. The molecule has 188 valence electrons. The molecular weight excluding hydrogens is 484 g/mol. The monoisotopic (exact) mass is 511 g/mol. The van der Waals surface area contributed by atoms with Gasteiger partial charge in [-0.2, -0.15) is 10.4 Å². The first-order valence-corrected chi connectivity index (χ1v) is 15.3. The van der Waals surface area contributed by atoms with Crippen molar-refractivity contribution in [2.45, 2.75) is 45.3 Å². The van der Waals surface area contributed by atoms with Gasteiger partial charge in [-0.15, -0.1) is 0 Å². The third kappa shape index (κ3) is 5.77. The van der Waals surface area contributed by atoms with Crippen LogP contribution in [0.4, 0.5) is 8.78 Å². The van der Waals surface area contributed by atoms with E-state index in [-0.39, 0.29) is 30.0 Å². The SMILES string of the molecule is C[Si](C)(C)CCOCn1c(Cc2n[nH]c(=O)c3ccccc23)nc2cc(C#N)c(OCC(F)F)cc21. The minimum absolute atomic E-state index is 0.0627. The summed E-state index contributed by atoms with van der Waals surface area (Å²) >= 11 is 0. The van der Waals surface area contributed by atoms with Gasteiger partial charge in [-0.25, -0.2) is 18.9 Å². The van der Waals surface area contributed by atoms with E-state index in [9.17, 15) is 18.8 Å². The number of nitrogens with one attached hydrogen (secondary N) is 1. The molecule has 0 saturated heterocycles. The Hall–Kier alpha value is -3.62. The van der Waals surface area contributed by atoms with Crippen molar-refractivity contribution >= 4 is 29.9 Å². The number of rotatable bonds is 10. The number of hydrogen-bond acceptors (Lipinski definition) is 6. The molecule has 0 spiro atoms. The van der Waals surface area contributed by atoms with E-state index in [0.29, 0.717) is 39.9 Å². The summed E-state index contributed by atoms with van der Waals surface area (Å²) in [6.45, 7) is 6.71. The molecule has 0 atom stereocenters. The van der Waals surface area contributed by atoms with Gasteiger partial charge in [-0.1, -0.05) is 37.8 Å². The molecule has 11 heteroatoms. The van der Waals surface area contributed by atoms with Crippen molar-refractivity contribution in [3.63, 3.8) is 0 Å². The Balaban J connectivity index is 1.77. The molecule has 2 aromatic heterocycles. The van der Waals surface area contributed by atoms with Gasteiger partial charge < -0.3 is 14.0 Å². The zero-order valence-electron chi connectivity index (χ0n) is 20.3. The Bertz CT molecular complexity index is 1490. The molecule has 0 amide bonds. The Kier molecular flexibility index (Phi) is 7.47. The number of alkyl halides is 2. The van der Waals surface area contributed by atoms with E-state index in [1.54, 1.807) is 18.2 Å². The molecule has 0 radical (unpaired) electrons. The number of hydrogen-bond donors (Lipinski definition) is 1. The Labute approximate surface area is 207 Å². The summed E-state index contributed by atoms with van der Waals surface area (Å²) in [5.74, 6) is 0.658. The number of ether oxygens (including phenoxy) is 2. The van der Waals surface area contributed by atoms with Crippen LogP contribution in [-0.4, -0.2) is 47.5 Å². The van der Waals surface area contributed by atoms with Gasteiger partial charge in [0.1, 0.15) is 31.0 Å². The lowest BCUT2D eigenvalue weighted by Crippen LogP contribution is -2.22. The van der Waals surface area contributed by atoms with Crippen molar-refractivity contribution in [3.8, 4) is 11.8 Å². The van der Waals surface area contributed by atoms with Gasteiger partial charge in [0.05, 0.1) is 34.1 Å². The molecule has 0 fully saturated rings. The summed E-state index contributed by atoms with van der Waals surface area (Å²) in [5, 5.41) is 17.5. The van der Waals surface area contributed by atoms with Crippen LogP contribution in [0.2, 0.25) is 25.7 Å².